The smallest absolute Gasteiger partial charge is 0.195 e. The lowest BCUT2D eigenvalue weighted by Crippen LogP contribution is -2.36. The number of aliphatic imine (C=N–C) groups is 1. The Kier molecular flexibility index (Phi) is 6.60. The molecule has 0 saturated heterocycles. The Morgan fingerprint density at radius 1 is 1.29 bits per heavy atom. The van der Waals surface area contributed by atoms with Gasteiger partial charge in [0.15, 0.2) is 17.5 Å². The number of nitrogens with zero attached hydrogens (tertiary/aromatic N) is 1. The second-order valence-electron chi connectivity index (χ2n) is 6.49. The van der Waals surface area contributed by atoms with Crippen molar-refractivity contribution >= 4 is 35.6 Å². The van der Waals surface area contributed by atoms with Gasteiger partial charge >= 0.3 is 0 Å². The Balaban J connectivity index is 0.00000208. The molecular formula is C18H28IN3O2. The Labute approximate surface area is 161 Å². The maximum absolute atomic E-state index is 5.55. The average Bonchev–Trinajstić information content (AvgIpc) is 3.46. The molecule has 0 unspecified atom stereocenters. The molecule has 5 nitrogen and oxygen atoms in total. The Morgan fingerprint density at radius 2 is 2.04 bits per heavy atom. The first-order valence-electron chi connectivity index (χ1n) is 8.49. The van der Waals surface area contributed by atoms with Gasteiger partial charge in [0.2, 0.25) is 0 Å². The molecule has 3 rings (SSSR count). The Morgan fingerprint density at radius 3 is 2.58 bits per heavy atom. The van der Waals surface area contributed by atoms with E-state index < -0.39 is 0 Å². The van der Waals surface area contributed by atoms with Crippen LogP contribution in [0.15, 0.2) is 23.2 Å². The van der Waals surface area contributed by atoms with E-state index in [1.54, 1.807) is 14.2 Å². The molecule has 0 bridgehead atoms. The number of halogens is 1. The molecule has 2 saturated carbocycles. The number of nitrogens with one attached hydrogen (secondary N) is 2. The average molecular weight is 445 g/mol. The third kappa shape index (κ3) is 4.46. The van der Waals surface area contributed by atoms with Gasteiger partial charge in [0, 0.05) is 25.3 Å². The lowest BCUT2D eigenvalue weighted by atomic mass is 10.0. The lowest BCUT2D eigenvalue weighted by molar-refractivity contribution is 0.311. The molecule has 24 heavy (non-hydrogen) atoms. The van der Waals surface area contributed by atoms with Crippen LogP contribution in [0.5, 0.6) is 11.5 Å². The van der Waals surface area contributed by atoms with E-state index in [1.165, 1.54) is 25.7 Å². The second-order valence-corrected chi connectivity index (χ2v) is 6.49. The monoisotopic (exact) mass is 445 g/mol. The highest BCUT2D eigenvalue weighted by molar-refractivity contribution is 14.0. The van der Waals surface area contributed by atoms with Gasteiger partial charge < -0.3 is 20.1 Å². The van der Waals surface area contributed by atoms with Crippen molar-refractivity contribution < 1.29 is 9.47 Å². The third-order valence-corrected chi connectivity index (χ3v) is 4.89. The number of guanidine groups is 1. The number of methoxy groups -OCH3 is 1. The van der Waals surface area contributed by atoms with Gasteiger partial charge in [-0.3, -0.25) is 4.99 Å². The summed E-state index contributed by atoms with van der Waals surface area (Å²) in [7, 11) is 3.46. The van der Waals surface area contributed by atoms with E-state index in [2.05, 4.69) is 15.6 Å². The molecule has 0 aromatic heterocycles. The van der Waals surface area contributed by atoms with Crippen LogP contribution in [0.2, 0.25) is 0 Å². The van der Waals surface area contributed by atoms with Gasteiger partial charge in [-0.2, -0.15) is 0 Å². The highest BCUT2D eigenvalue weighted by atomic mass is 127. The van der Waals surface area contributed by atoms with E-state index in [0.717, 1.165) is 35.6 Å². The van der Waals surface area contributed by atoms with Crippen molar-refractivity contribution in [3.63, 3.8) is 0 Å². The van der Waals surface area contributed by atoms with E-state index in [4.69, 9.17) is 9.47 Å². The molecule has 6 heteroatoms. The minimum atomic E-state index is 0. The van der Waals surface area contributed by atoms with E-state index in [1.807, 2.05) is 25.1 Å². The number of benzene rings is 1. The van der Waals surface area contributed by atoms with E-state index in [0.29, 0.717) is 12.0 Å². The molecule has 2 aliphatic rings. The van der Waals surface area contributed by atoms with Crippen LogP contribution in [0.4, 0.5) is 5.69 Å². The summed E-state index contributed by atoms with van der Waals surface area (Å²) < 4.78 is 10.9. The van der Waals surface area contributed by atoms with E-state index >= 15 is 0 Å². The van der Waals surface area contributed by atoms with Gasteiger partial charge in [-0.15, -0.1) is 24.0 Å². The first-order valence-corrected chi connectivity index (χ1v) is 8.49. The number of hydrogen-bond donors (Lipinski definition) is 2. The second kappa shape index (κ2) is 8.27. The predicted molar refractivity (Wildman–Crippen MR) is 109 cm³/mol. The molecule has 0 radical (unpaired) electrons. The van der Waals surface area contributed by atoms with Crippen LogP contribution in [-0.2, 0) is 0 Å². The van der Waals surface area contributed by atoms with Crippen molar-refractivity contribution in [3.05, 3.63) is 18.2 Å². The molecule has 2 N–H and O–H groups in total. The molecule has 0 heterocycles. The minimum absolute atomic E-state index is 0. The van der Waals surface area contributed by atoms with Crippen LogP contribution in [0.3, 0.4) is 0 Å². The molecule has 1 aromatic carbocycles. The van der Waals surface area contributed by atoms with Gasteiger partial charge in [-0.25, -0.2) is 0 Å². The highest BCUT2D eigenvalue weighted by Crippen LogP contribution is 2.60. The van der Waals surface area contributed by atoms with Gasteiger partial charge in [-0.05, 0) is 56.1 Å². The summed E-state index contributed by atoms with van der Waals surface area (Å²) in [4.78, 5) is 4.33. The molecule has 0 amide bonds. The molecule has 0 aliphatic heterocycles. The topological polar surface area (TPSA) is 54.9 Å². The van der Waals surface area contributed by atoms with Crippen LogP contribution in [0, 0.1) is 11.3 Å². The standard InChI is InChI=1S/C18H27N3O2.HI/c1-4-23-15-8-7-14(11-16(15)22-3)21-17(19-2)20-12-18(9-10-18)13-5-6-13;/h7-8,11,13H,4-6,9-10,12H2,1-3H3,(H2,19,20,21);1H. The number of hydrogen-bond acceptors (Lipinski definition) is 3. The molecule has 2 aliphatic carbocycles. The summed E-state index contributed by atoms with van der Waals surface area (Å²) in [5.74, 6) is 3.24. The van der Waals surface area contributed by atoms with Gasteiger partial charge in [-0.1, -0.05) is 0 Å². The number of ether oxygens (including phenoxy) is 2. The summed E-state index contributed by atoms with van der Waals surface area (Å²) in [5.41, 5.74) is 1.49. The van der Waals surface area contributed by atoms with Crippen LogP contribution < -0.4 is 20.1 Å². The van der Waals surface area contributed by atoms with Crippen molar-refractivity contribution in [2.45, 2.75) is 32.6 Å². The Hall–Kier alpha value is -1.18. The SMILES string of the molecule is CCOc1ccc(NC(=NC)NCC2(C3CC3)CC2)cc1OC.I. The normalized spacial score (nSPS) is 18.4. The first kappa shape index (κ1) is 19.1. The largest absolute Gasteiger partial charge is 0.493 e. The summed E-state index contributed by atoms with van der Waals surface area (Å²) in [6.45, 7) is 3.60. The maximum Gasteiger partial charge on any atom is 0.195 e. The highest BCUT2D eigenvalue weighted by Gasteiger charge is 2.53. The number of anilines is 1. The summed E-state index contributed by atoms with van der Waals surface area (Å²) >= 11 is 0. The maximum atomic E-state index is 5.55. The molecule has 1 aromatic rings. The fourth-order valence-electron chi connectivity index (χ4n) is 3.18. The summed E-state index contributed by atoms with van der Waals surface area (Å²) in [6, 6.07) is 5.84. The van der Waals surface area contributed by atoms with E-state index in [-0.39, 0.29) is 24.0 Å². The van der Waals surface area contributed by atoms with Gasteiger partial charge in [0.1, 0.15) is 0 Å². The third-order valence-electron chi connectivity index (χ3n) is 4.89. The fourth-order valence-corrected chi connectivity index (χ4v) is 3.18. The van der Waals surface area contributed by atoms with Gasteiger partial charge in [0.05, 0.1) is 13.7 Å². The van der Waals surface area contributed by atoms with Crippen molar-refractivity contribution in [2.24, 2.45) is 16.3 Å². The van der Waals surface area contributed by atoms with Crippen LogP contribution in [-0.4, -0.2) is 33.3 Å². The van der Waals surface area contributed by atoms with Crippen LogP contribution in [0.1, 0.15) is 32.6 Å². The lowest BCUT2D eigenvalue weighted by Gasteiger charge is -2.18. The predicted octanol–water partition coefficient (Wildman–Crippen LogP) is 3.89. The van der Waals surface area contributed by atoms with Crippen LogP contribution >= 0.6 is 24.0 Å². The van der Waals surface area contributed by atoms with Crippen molar-refractivity contribution in [1.29, 1.82) is 0 Å². The first-order chi connectivity index (χ1) is 11.2. The zero-order chi connectivity index (χ0) is 16.3. The van der Waals surface area contributed by atoms with Crippen molar-refractivity contribution in [2.75, 3.05) is 32.6 Å². The zero-order valence-corrected chi connectivity index (χ0v) is 17.1. The quantitative estimate of drug-likeness (QED) is 0.380. The van der Waals surface area contributed by atoms with Gasteiger partial charge in [0.25, 0.3) is 0 Å². The minimum Gasteiger partial charge on any atom is -0.493 e. The summed E-state index contributed by atoms with van der Waals surface area (Å²) in [6.07, 6.45) is 5.53. The zero-order valence-electron chi connectivity index (χ0n) is 14.7. The van der Waals surface area contributed by atoms with Crippen LogP contribution in [0.25, 0.3) is 0 Å². The molecule has 0 atom stereocenters. The molecule has 2 fully saturated rings. The van der Waals surface area contributed by atoms with E-state index in [9.17, 15) is 0 Å². The fraction of sp³-hybridized carbons (Fsp3) is 0.611. The number of rotatable bonds is 7. The van der Waals surface area contributed by atoms with Crippen molar-refractivity contribution in [1.82, 2.24) is 5.32 Å². The molecule has 0 spiro atoms. The Bertz CT molecular complexity index is 584. The summed E-state index contributed by atoms with van der Waals surface area (Å²) in [5, 5.41) is 6.82. The van der Waals surface area contributed by atoms with Crippen molar-refractivity contribution in [3.8, 4) is 11.5 Å². The molecule has 134 valence electrons. The molecular weight excluding hydrogens is 417 g/mol.